The molecule has 4 rings (SSSR count). The number of alkyl carbamates (subject to hydrolysis) is 1. The summed E-state index contributed by atoms with van der Waals surface area (Å²) in [5.41, 5.74) is 0.831. The summed E-state index contributed by atoms with van der Waals surface area (Å²) in [7, 11) is 1.17. The standard InChI is InChI=1S/C24H22F3N3O4/c1-33-23(32)29-22(31)17-6-4-16(5-7-17)21(12-15-2-3-15)34-20-10-8-19(9-11-20)30-14-18(13-28-30)24(25,26)27/h4-11,13-15,21H,2-3,12H2,1H3,(H,29,31,32). The van der Waals surface area contributed by atoms with Gasteiger partial charge in [-0.25, -0.2) is 9.48 Å². The second-order valence-corrected chi connectivity index (χ2v) is 8.02. The molecule has 2 aromatic carbocycles. The van der Waals surface area contributed by atoms with Gasteiger partial charge in [-0.1, -0.05) is 25.0 Å². The van der Waals surface area contributed by atoms with E-state index in [0.717, 1.165) is 41.9 Å². The van der Waals surface area contributed by atoms with E-state index in [-0.39, 0.29) is 6.10 Å². The highest BCUT2D eigenvalue weighted by molar-refractivity contribution is 6.02. The number of ether oxygens (including phenoxy) is 2. The zero-order valence-electron chi connectivity index (χ0n) is 18.2. The van der Waals surface area contributed by atoms with Crippen molar-refractivity contribution in [3.8, 4) is 11.4 Å². The maximum atomic E-state index is 12.8. The van der Waals surface area contributed by atoms with Crippen molar-refractivity contribution >= 4 is 12.0 Å². The Hall–Kier alpha value is -3.82. The van der Waals surface area contributed by atoms with Crippen LogP contribution >= 0.6 is 0 Å². The molecular weight excluding hydrogens is 451 g/mol. The van der Waals surface area contributed by atoms with E-state index in [2.05, 4.69) is 15.2 Å². The van der Waals surface area contributed by atoms with Crippen LogP contribution in [0.5, 0.6) is 5.75 Å². The van der Waals surface area contributed by atoms with Crippen LogP contribution in [0.1, 0.15) is 46.9 Å². The van der Waals surface area contributed by atoms with Crippen LogP contribution in [-0.2, 0) is 10.9 Å². The van der Waals surface area contributed by atoms with E-state index in [9.17, 15) is 22.8 Å². The molecule has 3 aromatic rings. The first-order valence-electron chi connectivity index (χ1n) is 10.6. The SMILES string of the molecule is COC(=O)NC(=O)c1ccc(C(CC2CC2)Oc2ccc(-n3cc(C(F)(F)F)cn3)cc2)cc1. The number of halogens is 3. The van der Waals surface area contributed by atoms with Gasteiger partial charge in [0.2, 0.25) is 0 Å². The largest absolute Gasteiger partial charge is 0.486 e. The van der Waals surface area contributed by atoms with Crippen LogP contribution in [0.25, 0.3) is 5.69 Å². The molecule has 0 radical (unpaired) electrons. The maximum Gasteiger partial charge on any atom is 0.419 e. The highest BCUT2D eigenvalue weighted by Crippen LogP contribution is 2.39. The Bertz CT molecular complexity index is 1150. The van der Waals surface area contributed by atoms with Gasteiger partial charge in [0.1, 0.15) is 11.9 Å². The van der Waals surface area contributed by atoms with Crippen LogP contribution in [0.3, 0.4) is 0 Å². The van der Waals surface area contributed by atoms with Crippen molar-refractivity contribution in [2.45, 2.75) is 31.5 Å². The first-order valence-corrected chi connectivity index (χ1v) is 10.6. The number of nitrogens with zero attached hydrogens (tertiary/aromatic N) is 2. The van der Waals surface area contributed by atoms with Gasteiger partial charge >= 0.3 is 12.3 Å². The number of alkyl halides is 3. The van der Waals surface area contributed by atoms with E-state index in [4.69, 9.17) is 4.74 Å². The van der Waals surface area contributed by atoms with Gasteiger partial charge in [0.15, 0.2) is 0 Å². The van der Waals surface area contributed by atoms with Crippen molar-refractivity contribution in [1.82, 2.24) is 15.1 Å². The highest BCUT2D eigenvalue weighted by Gasteiger charge is 2.32. The van der Waals surface area contributed by atoms with E-state index in [0.29, 0.717) is 22.9 Å². The lowest BCUT2D eigenvalue weighted by molar-refractivity contribution is -0.137. The Labute approximate surface area is 193 Å². The van der Waals surface area contributed by atoms with Gasteiger partial charge in [0.05, 0.1) is 24.6 Å². The zero-order valence-corrected chi connectivity index (χ0v) is 18.2. The molecule has 0 bridgehead atoms. The number of benzene rings is 2. The molecule has 1 fully saturated rings. The Morgan fingerprint density at radius 1 is 1.12 bits per heavy atom. The number of hydrogen-bond acceptors (Lipinski definition) is 5. The quantitative estimate of drug-likeness (QED) is 0.503. The molecule has 1 saturated carbocycles. The number of rotatable bonds is 7. The van der Waals surface area contributed by atoms with Crippen LogP contribution in [0, 0.1) is 5.92 Å². The molecule has 0 saturated heterocycles. The summed E-state index contributed by atoms with van der Waals surface area (Å²) < 4.78 is 50.2. The number of carbonyl (C=O) groups excluding carboxylic acids is 2. The molecule has 178 valence electrons. The minimum Gasteiger partial charge on any atom is -0.486 e. The van der Waals surface area contributed by atoms with Crippen LogP contribution in [-0.4, -0.2) is 28.9 Å². The Morgan fingerprint density at radius 3 is 2.35 bits per heavy atom. The predicted molar refractivity (Wildman–Crippen MR) is 116 cm³/mol. The fraction of sp³-hybridized carbons (Fsp3) is 0.292. The summed E-state index contributed by atoms with van der Waals surface area (Å²) in [5.74, 6) is 0.544. The molecule has 1 heterocycles. The van der Waals surface area contributed by atoms with E-state index in [1.54, 1.807) is 48.5 Å². The maximum absolute atomic E-state index is 12.8. The van der Waals surface area contributed by atoms with Gasteiger partial charge in [-0.15, -0.1) is 0 Å². The van der Waals surface area contributed by atoms with Crippen molar-refractivity contribution in [3.63, 3.8) is 0 Å². The molecule has 34 heavy (non-hydrogen) atoms. The lowest BCUT2D eigenvalue weighted by Crippen LogP contribution is -2.30. The lowest BCUT2D eigenvalue weighted by atomic mass is 10.0. The Balaban J connectivity index is 1.47. The molecule has 1 aromatic heterocycles. The molecule has 10 heteroatoms. The number of hydrogen-bond donors (Lipinski definition) is 1. The highest BCUT2D eigenvalue weighted by atomic mass is 19.4. The summed E-state index contributed by atoms with van der Waals surface area (Å²) in [5, 5.41) is 5.88. The minimum absolute atomic E-state index is 0.266. The molecule has 1 aliphatic rings. The number of aromatic nitrogens is 2. The van der Waals surface area contributed by atoms with Crippen LogP contribution in [0.4, 0.5) is 18.0 Å². The molecule has 7 nitrogen and oxygen atoms in total. The number of carbonyl (C=O) groups is 2. The van der Waals surface area contributed by atoms with Crippen LogP contribution in [0.2, 0.25) is 0 Å². The van der Waals surface area contributed by atoms with Crippen molar-refractivity contribution < 1.29 is 32.2 Å². The number of amides is 2. The summed E-state index contributed by atoms with van der Waals surface area (Å²) in [6.07, 6.45) is -0.793. The van der Waals surface area contributed by atoms with Crippen molar-refractivity contribution in [2.24, 2.45) is 5.92 Å². The monoisotopic (exact) mass is 473 g/mol. The van der Waals surface area contributed by atoms with Gasteiger partial charge in [-0.2, -0.15) is 18.3 Å². The molecule has 1 unspecified atom stereocenters. The summed E-state index contributed by atoms with van der Waals surface area (Å²) in [4.78, 5) is 23.3. The zero-order chi connectivity index (χ0) is 24.3. The number of nitrogens with one attached hydrogen (secondary N) is 1. The van der Waals surface area contributed by atoms with Crippen molar-refractivity contribution in [1.29, 1.82) is 0 Å². The van der Waals surface area contributed by atoms with Crippen LogP contribution in [0.15, 0.2) is 60.9 Å². The van der Waals surface area contributed by atoms with Crippen molar-refractivity contribution in [3.05, 3.63) is 77.6 Å². The van der Waals surface area contributed by atoms with Gasteiger partial charge in [-0.05, 0) is 54.3 Å². The summed E-state index contributed by atoms with van der Waals surface area (Å²) in [6, 6.07) is 13.4. The number of imide groups is 1. The summed E-state index contributed by atoms with van der Waals surface area (Å²) in [6.45, 7) is 0. The topological polar surface area (TPSA) is 82.5 Å². The average Bonchev–Trinajstić information content (AvgIpc) is 3.49. The molecular formula is C24H22F3N3O4. The summed E-state index contributed by atoms with van der Waals surface area (Å²) >= 11 is 0. The fourth-order valence-corrected chi connectivity index (χ4v) is 3.43. The van der Waals surface area contributed by atoms with E-state index >= 15 is 0 Å². The molecule has 0 spiro atoms. The Morgan fingerprint density at radius 2 is 1.79 bits per heavy atom. The normalized spacial score (nSPS) is 14.4. The van der Waals surface area contributed by atoms with E-state index in [1.165, 1.54) is 7.11 Å². The second kappa shape index (κ2) is 9.58. The van der Waals surface area contributed by atoms with Gasteiger partial charge in [-0.3, -0.25) is 10.1 Å². The lowest BCUT2D eigenvalue weighted by Gasteiger charge is -2.20. The molecule has 0 aliphatic heterocycles. The van der Waals surface area contributed by atoms with Crippen LogP contribution < -0.4 is 10.1 Å². The smallest absolute Gasteiger partial charge is 0.419 e. The molecule has 1 atom stereocenters. The fourth-order valence-electron chi connectivity index (χ4n) is 3.43. The van der Waals surface area contributed by atoms with Gasteiger partial charge in [0.25, 0.3) is 5.91 Å². The third-order valence-electron chi connectivity index (χ3n) is 5.48. The first kappa shape index (κ1) is 23.3. The average molecular weight is 473 g/mol. The van der Waals surface area contributed by atoms with Gasteiger partial charge in [0, 0.05) is 11.8 Å². The van der Waals surface area contributed by atoms with Gasteiger partial charge < -0.3 is 9.47 Å². The molecule has 1 aliphatic carbocycles. The third kappa shape index (κ3) is 5.75. The Kier molecular flexibility index (Phi) is 6.58. The van der Waals surface area contributed by atoms with Crippen molar-refractivity contribution in [2.75, 3.05) is 7.11 Å². The molecule has 2 amide bonds. The van der Waals surface area contributed by atoms with E-state index < -0.39 is 23.7 Å². The second-order valence-electron chi connectivity index (χ2n) is 8.02. The first-order chi connectivity index (χ1) is 16.2. The minimum atomic E-state index is -4.45. The molecule has 1 N–H and O–H groups in total. The number of methoxy groups -OCH3 is 1. The van der Waals surface area contributed by atoms with E-state index in [1.807, 2.05) is 0 Å². The predicted octanol–water partition coefficient (Wildman–Crippen LogP) is 5.31. The third-order valence-corrected chi connectivity index (χ3v) is 5.48.